The van der Waals surface area contributed by atoms with Gasteiger partial charge in [0.1, 0.15) is 16.5 Å². The molecule has 1 aliphatic rings. The van der Waals surface area contributed by atoms with E-state index in [0.29, 0.717) is 36.7 Å². The fraction of sp³-hybridized carbons (Fsp3) is 0.350. The number of imidazole rings is 1. The summed E-state index contributed by atoms with van der Waals surface area (Å²) < 4.78 is 32.9. The van der Waals surface area contributed by atoms with Crippen LogP contribution in [0.2, 0.25) is 5.02 Å². The number of hydrogen-bond donors (Lipinski definition) is 1. The standard InChI is InChI=1S/C20H22ClN3O3S/c1-13-3-5-16-17(11-13)23-20(22-16)14-7-9-24(10-8-14)28(25,26)19-12-15(21)4-6-18(19)27-2/h3-6,11-12,14H,7-10H2,1-2H3,(H,22,23). The number of sulfonamides is 1. The van der Waals surface area contributed by atoms with Crippen LogP contribution >= 0.6 is 11.6 Å². The highest BCUT2D eigenvalue weighted by molar-refractivity contribution is 7.89. The van der Waals surface area contributed by atoms with Gasteiger partial charge in [0.2, 0.25) is 10.0 Å². The number of aromatic nitrogens is 2. The summed E-state index contributed by atoms with van der Waals surface area (Å²) in [5.41, 5.74) is 3.15. The summed E-state index contributed by atoms with van der Waals surface area (Å²) in [6.45, 7) is 2.91. The Morgan fingerprint density at radius 1 is 1.18 bits per heavy atom. The monoisotopic (exact) mass is 419 g/mol. The number of ether oxygens (including phenoxy) is 1. The molecule has 1 aromatic heterocycles. The fourth-order valence-corrected chi connectivity index (χ4v) is 5.59. The Labute approximate surface area is 169 Å². The van der Waals surface area contributed by atoms with E-state index in [0.717, 1.165) is 16.9 Å². The van der Waals surface area contributed by atoms with Gasteiger partial charge in [-0.2, -0.15) is 4.31 Å². The van der Waals surface area contributed by atoms with Crippen LogP contribution < -0.4 is 4.74 Å². The molecule has 148 valence electrons. The van der Waals surface area contributed by atoms with E-state index in [1.54, 1.807) is 12.1 Å². The zero-order chi connectivity index (χ0) is 19.9. The molecule has 8 heteroatoms. The van der Waals surface area contributed by atoms with Crippen LogP contribution in [-0.2, 0) is 10.0 Å². The Bertz CT molecular complexity index is 1120. The molecule has 0 spiro atoms. The van der Waals surface area contributed by atoms with E-state index in [1.807, 2.05) is 19.1 Å². The van der Waals surface area contributed by atoms with Gasteiger partial charge in [-0.3, -0.25) is 0 Å². The van der Waals surface area contributed by atoms with E-state index in [2.05, 4.69) is 11.1 Å². The average Bonchev–Trinajstić information content (AvgIpc) is 3.11. The summed E-state index contributed by atoms with van der Waals surface area (Å²) in [5, 5.41) is 0.367. The predicted molar refractivity (Wildman–Crippen MR) is 110 cm³/mol. The number of piperidine rings is 1. The van der Waals surface area contributed by atoms with E-state index < -0.39 is 10.0 Å². The summed E-state index contributed by atoms with van der Waals surface area (Å²) in [7, 11) is -2.21. The SMILES string of the molecule is COc1ccc(Cl)cc1S(=O)(=O)N1CCC(c2nc3ccc(C)cc3[nH]2)CC1. The Morgan fingerprint density at radius 3 is 2.64 bits per heavy atom. The molecular weight excluding hydrogens is 398 g/mol. The quantitative estimate of drug-likeness (QED) is 0.690. The third-order valence-corrected chi connectivity index (χ3v) is 7.39. The van der Waals surface area contributed by atoms with Crippen molar-refractivity contribution in [1.82, 2.24) is 14.3 Å². The normalized spacial score (nSPS) is 16.5. The van der Waals surface area contributed by atoms with Crippen LogP contribution in [0.1, 0.15) is 30.1 Å². The molecule has 0 amide bonds. The highest BCUT2D eigenvalue weighted by Crippen LogP contribution is 2.34. The van der Waals surface area contributed by atoms with E-state index in [1.165, 1.54) is 23.0 Å². The van der Waals surface area contributed by atoms with Crippen LogP contribution in [0.5, 0.6) is 5.75 Å². The first-order valence-electron chi connectivity index (χ1n) is 9.18. The molecule has 0 atom stereocenters. The van der Waals surface area contributed by atoms with E-state index in [9.17, 15) is 8.42 Å². The maximum atomic E-state index is 13.1. The van der Waals surface area contributed by atoms with Gasteiger partial charge in [0.25, 0.3) is 0 Å². The van der Waals surface area contributed by atoms with Crippen molar-refractivity contribution in [1.29, 1.82) is 0 Å². The maximum Gasteiger partial charge on any atom is 0.246 e. The van der Waals surface area contributed by atoms with Crippen molar-refractivity contribution in [3.8, 4) is 5.75 Å². The number of aromatic amines is 1. The third-order valence-electron chi connectivity index (χ3n) is 5.24. The molecule has 2 heterocycles. The molecule has 1 saturated heterocycles. The van der Waals surface area contributed by atoms with Crippen molar-refractivity contribution in [3.63, 3.8) is 0 Å². The lowest BCUT2D eigenvalue weighted by molar-refractivity contribution is 0.312. The molecule has 0 aliphatic carbocycles. The lowest BCUT2D eigenvalue weighted by Gasteiger charge is -2.30. The molecule has 6 nitrogen and oxygen atoms in total. The van der Waals surface area contributed by atoms with Crippen LogP contribution in [0.4, 0.5) is 0 Å². The topological polar surface area (TPSA) is 75.3 Å². The number of halogens is 1. The van der Waals surface area contributed by atoms with Crippen LogP contribution in [0.25, 0.3) is 11.0 Å². The summed E-state index contributed by atoms with van der Waals surface area (Å²) >= 11 is 6.02. The largest absolute Gasteiger partial charge is 0.495 e. The predicted octanol–water partition coefficient (Wildman–Crippen LogP) is 4.10. The molecule has 2 aromatic carbocycles. The van der Waals surface area contributed by atoms with Crippen LogP contribution in [-0.4, -0.2) is 42.9 Å². The van der Waals surface area contributed by atoms with Gasteiger partial charge in [0.15, 0.2) is 0 Å². The molecule has 0 radical (unpaired) electrons. The molecular formula is C20H22ClN3O3S. The molecule has 1 N–H and O–H groups in total. The van der Waals surface area contributed by atoms with Gasteiger partial charge in [0, 0.05) is 24.0 Å². The van der Waals surface area contributed by atoms with Crippen molar-refractivity contribution >= 4 is 32.7 Å². The first-order chi connectivity index (χ1) is 13.4. The zero-order valence-corrected chi connectivity index (χ0v) is 17.3. The Hall–Kier alpha value is -2.09. The van der Waals surface area contributed by atoms with Crippen molar-refractivity contribution in [3.05, 3.63) is 52.8 Å². The van der Waals surface area contributed by atoms with Crippen molar-refractivity contribution < 1.29 is 13.2 Å². The fourth-order valence-electron chi connectivity index (χ4n) is 3.70. The number of methoxy groups -OCH3 is 1. The number of fused-ring (bicyclic) bond motifs is 1. The Kier molecular flexibility index (Phi) is 5.07. The number of nitrogens with zero attached hydrogens (tertiary/aromatic N) is 2. The Balaban J connectivity index is 1.54. The molecule has 1 aliphatic heterocycles. The number of benzene rings is 2. The van der Waals surface area contributed by atoms with Crippen molar-refractivity contribution in [2.45, 2.75) is 30.6 Å². The smallest absolute Gasteiger partial charge is 0.246 e. The number of nitrogens with one attached hydrogen (secondary N) is 1. The first-order valence-corrected chi connectivity index (χ1v) is 11.0. The van der Waals surface area contributed by atoms with Gasteiger partial charge in [0.05, 0.1) is 18.1 Å². The second kappa shape index (κ2) is 7.39. The highest BCUT2D eigenvalue weighted by Gasteiger charge is 2.33. The number of aryl methyl sites for hydroxylation is 1. The van der Waals surface area contributed by atoms with Gasteiger partial charge in [-0.15, -0.1) is 0 Å². The highest BCUT2D eigenvalue weighted by atomic mass is 35.5. The molecule has 28 heavy (non-hydrogen) atoms. The average molecular weight is 420 g/mol. The van der Waals surface area contributed by atoms with Gasteiger partial charge in [-0.25, -0.2) is 13.4 Å². The molecule has 3 aromatic rings. The van der Waals surface area contributed by atoms with Crippen molar-refractivity contribution in [2.24, 2.45) is 0 Å². The summed E-state index contributed by atoms with van der Waals surface area (Å²) in [4.78, 5) is 8.21. The minimum Gasteiger partial charge on any atom is -0.495 e. The van der Waals surface area contributed by atoms with Crippen LogP contribution in [0.3, 0.4) is 0 Å². The molecule has 0 bridgehead atoms. The van der Waals surface area contributed by atoms with Gasteiger partial charge < -0.3 is 9.72 Å². The third kappa shape index (κ3) is 3.50. The number of hydrogen-bond acceptors (Lipinski definition) is 4. The van der Waals surface area contributed by atoms with Crippen LogP contribution in [0.15, 0.2) is 41.3 Å². The second-order valence-corrected chi connectivity index (χ2v) is 9.46. The maximum absolute atomic E-state index is 13.1. The zero-order valence-electron chi connectivity index (χ0n) is 15.8. The molecule has 0 unspecified atom stereocenters. The lowest BCUT2D eigenvalue weighted by Crippen LogP contribution is -2.38. The van der Waals surface area contributed by atoms with Gasteiger partial charge >= 0.3 is 0 Å². The minimum atomic E-state index is -3.67. The molecule has 0 saturated carbocycles. The van der Waals surface area contributed by atoms with Crippen molar-refractivity contribution in [2.75, 3.05) is 20.2 Å². The summed E-state index contributed by atoms with van der Waals surface area (Å²) in [6.07, 6.45) is 1.42. The van der Waals surface area contributed by atoms with Crippen LogP contribution in [0, 0.1) is 6.92 Å². The van der Waals surface area contributed by atoms with E-state index in [4.69, 9.17) is 21.3 Å². The molecule has 1 fully saturated rings. The Morgan fingerprint density at radius 2 is 1.93 bits per heavy atom. The molecule has 4 rings (SSSR count). The summed E-state index contributed by atoms with van der Waals surface area (Å²) in [6, 6.07) is 10.8. The second-order valence-electron chi connectivity index (χ2n) is 7.12. The first kappa shape index (κ1) is 19.2. The van der Waals surface area contributed by atoms with Gasteiger partial charge in [-0.1, -0.05) is 17.7 Å². The lowest BCUT2D eigenvalue weighted by atomic mass is 9.97. The number of H-pyrrole nitrogens is 1. The minimum absolute atomic E-state index is 0.111. The van der Waals surface area contributed by atoms with E-state index in [-0.39, 0.29) is 10.8 Å². The summed E-state index contributed by atoms with van der Waals surface area (Å²) in [5.74, 6) is 1.44. The van der Waals surface area contributed by atoms with Gasteiger partial charge in [-0.05, 0) is 55.7 Å². The number of rotatable bonds is 4. The van der Waals surface area contributed by atoms with E-state index >= 15 is 0 Å².